The first-order valence-electron chi connectivity index (χ1n) is 5.41. The molecule has 0 unspecified atom stereocenters. The van der Waals surface area contributed by atoms with Gasteiger partial charge >= 0.3 is 129 Å². The van der Waals surface area contributed by atoms with Crippen LogP contribution in [0.3, 0.4) is 0 Å². The summed E-state index contributed by atoms with van der Waals surface area (Å²) in [6.07, 6.45) is 0. The van der Waals surface area contributed by atoms with E-state index < -0.39 is 18.4 Å². The van der Waals surface area contributed by atoms with E-state index in [9.17, 15) is 10.1 Å². The minimum absolute atomic E-state index is 0.0274. The molecule has 0 spiro atoms. The molecular weight excluding hydrogens is 390 g/mol. The average Bonchev–Trinajstić information content (AvgIpc) is 2.41. The van der Waals surface area contributed by atoms with Gasteiger partial charge < -0.3 is 0 Å². The Morgan fingerprint density at radius 3 is 2.45 bits per heavy atom. The van der Waals surface area contributed by atoms with Crippen LogP contribution < -0.4 is 4.74 Å². The molecule has 0 bridgehead atoms. The Hall–Kier alpha value is -1.29. The number of nitro benzene ring substituents is 1. The third-order valence-electron chi connectivity index (χ3n) is 2.36. The van der Waals surface area contributed by atoms with Crippen LogP contribution in [-0.2, 0) is 13.5 Å². The minimum atomic E-state index is -2.11. The first-order chi connectivity index (χ1) is 9.56. The number of nitro groups is 1. The summed E-state index contributed by atoms with van der Waals surface area (Å²) in [6, 6.07) is 13.5. The van der Waals surface area contributed by atoms with Crippen molar-refractivity contribution in [2.24, 2.45) is 0 Å². The van der Waals surface area contributed by atoms with E-state index in [0.29, 0.717) is 17.1 Å². The van der Waals surface area contributed by atoms with E-state index in [2.05, 4.69) is 0 Å². The normalized spacial score (nSPS) is 10.8. The van der Waals surface area contributed by atoms with Gasteiger partial charge in [0.2, 0.25) is 0 Å². The van der Waals surface area contributed by atoms with Gasteiger partial charge in [-0.25, -0.2) is 0 Å². The number of rotatable bonds is 4. The second kappa shape index (κ2) is 6.93. The van der Waals surface area contributed by atoms with Gasteiger partial charge in [-0.3, -0.25) is 0 Å². The molecule has 0 aliphatic carbocycles. The summed E-state index contributed by atoms with van der Waals surface area (Å²) in [5.41, 5.74) is 0.507. The fourth-order valence-electron chi connectivity index (χ4n) is 1.52. The Morgan fingerprint density at radius 2 is 1.85 bits per heavy atom. The van der Waals surface area contributed by atoms with Gasteiger partial charge in [0.1, 0.15) is 0 Å². The third kappa shape index (κ3) is 4.10. The van der Waals surface area contributed by atoms with E-state index >= 15 is 0 Å². The van der Waals surface area contributed by atoms with Crippen LogP contribution in [0.25, 0.3) is 0 Å². The molecule has 0 amide bonds. The molecule has 0 fully saturated rings. The van der Waals surface area contributed by atoms with Crippen molar-refractivity contribution in [1.29, 1.82) is 0 Å². The van der Waals surface area contributed by atoms with Crippen LogP contribution in [-0.4, -0.2) is 9.53 Å². The molecule has 0 aromatic heterocycles. The number of ether oxygens (including phenoxy) is 1. The van der Waals surface area contributed by atoms with E-state index in [4.69, 9.17) is 24.1 Å². The van der Waals surface area contributed by atoms with Crippen LogP contribution in [0.2, 0.25) is 0 Å². The molecular formula is C13H9Cl2NO3Ru. The Bertz CT molecular complexity index is 658. The topological polar surface area (TPSA) is 52.4 Å². The molecule has 0 heterocycles. The molecule has 20 heavy (non-hydrogen) atoms. The van der Waals surface area contributed by atoms with Crippen molar-refractivity contribution in [2.45, 2.75) is 0 Å². The molecule has 0 radical (unpaired) electrons. The van der Waals surface area contributed by atoms with Crippen molar-refractivity contribution >= 4 is 29.7 Å². The molecule has 2 aromatic carbocycles. The van der Waals surface area contributed by atoms with E-state index in [1.54, 1.807) is 22.8 Å². The van der Waals surface area contributed by atoms with Crippen molar-refractivity contribution in [1.82, 2.24) is 0 Å². The van der Waals surface area contributed by atoms with E-state index in [0.717, 1.165) is 0 Å². The zero-order chi connectivity index (χ0) is 14.5. The van der Waals surface area contributed by atoms with Crippen LogP contribution in [0.5, 0.6) is 11.5 Å². The summed E-state index contributed by atoms with van der Waals surface area (Å²) in [7, 11) is 11.7. The molecule has 7 heteroatoms. The fourth-order valence-corrected chi connectivity index (χ4v) is 3.30. The molecule has 2 rings (SSSR count). The van der Waals surface area contributed by atoms with Gasteiger partial charge in [-0.05, 0) is 0 Å². The number of non-ortho nitro benzene ring substituents is 1. The van der Waals surface area contributed by atoms with Gasteiger partial charge in [-0.15, -0.1) is 0 Å². The standard InChI is InChI=1S/C13H9NO3.2ClH.Ru/c1-10-9-11(14(15)16)7-8-13(10)17-12-5-3-2-4-6-12;;;/h1-9H;2*1H;/q;;;+2/p-2. The number of nitrogens with zero attached hydrogens (tertiary/aromatic N) is 1. The Morgan fingerprint density at radius 1 is 1.15 bits per heavy atom. The summed E-state index contributed by atoms with van der Waals surface area (Å²) in [6.45, 7) is 0. The summed E-state index contributed by atoms with van der Waals surface area (Å²) in [5, 5.41) is 10.8. The molecule has 0 N–H and O–H groups in total. The summed E-state index contributed by atoms with van der Waals surface area (Å²) in [4.78, 5) is 10.3. The van der Waals surface area contributed by atoms with E-state index in [1.807, 2.05) is 18.2 Å². The first kappa shape index (κ1) is 15.1. The van der Waals surface area contributed by atoms with Crippen molar-refractivity contribution < 1.29 is 23.2 Å². The van der Waals surface area contributed by atoms with Crippen LogP contribution in [0.1, 0.15) is 5.56 Å². The van der Waals surface area contributed by atoms with Crippen LogP contribution >= 0.6 is 19.4 Å². The van der Waals surface area contributed by atoms with Crippen molar-refractivity contribution in [3.8, 4) is 11.5 Å². The van der Waals surface area contributed by atoms with Gasteiger partial charge in [0.05, 0.1) is 0 Å². The predicted octanol–water partition coefficient (Wildman–Crippen LogP) is 4.46. The number of para-hydroxylation sites is 1. The SMILES string of the molecule is O=[N+]([O-])c1ccc(Oc2ccccc2)c([CH]=[Ru]([Cl])[Cl])c1. The number of hydrogen-bond donors (Lipinski definition) is 0. The monoisotopic (exact) mass is 399 g/mol. The first-order valence-corrected chi connectivity index (χ1v) is 10.9. The average molecular weight is 399 g/mol. The quantitative estimate of drug-likeness (QED) is 0.433. The van der Waals surface area contributed by atoms with Gasteiger partial charge in [0, 0.05) is 0 Å². The van der Waals surface area contributed by atoms with Crippen LogP contribution in [0.15, 0.2) is 48.5 Å². The van der Waals surface area contributed by atoms with Crippen molar-refractivity contribution in [3.63, 3.8) is 0 Å². The number of benzene rings is 2. The molecule has 106 valence electrons. The molecule has 0 aliphatic rings. The predicted molar refractivity (Wildman–Crippen MR) is 76.5 cm³/mol. The Kier molecular flexibility index (Phi) is 5.24. The number of halogens is 2. The second-order valence-corrected chi connectivity index (χ2v) is 9.43. The molecule has 0 saturated heterocycles. The van der Waals surface area contributed by atoms with Gasteiger partial charge in [0.15, 0.2) is 0 Å². The van der Waals surface area contributed by atoms with Crippen LogP contribution in [0, 0.1) is 10.1 Å². The van der Waals surface area contributed by atoms with Crippen molar-refractivity contribution in [2.75, 3.05) is 0 Å². The second-order valence-electron chi connectivity index (χ2n) is 3.70. The zero-order valence-corrected chi connectivity index (χ0v) is 13.2. The third-order valence-corrected chi connectivity index (χ3v) is 4.20. The van der Waals surface area contributed by atoms with Crippen molar-refractivity contribution in [3.05, 3.63) is 64.2 Å². The van der Waals surface area contributed by atoms with Crippen LogP contribution in [0.4, 0.5) is 5.69 Å². The van der Waals surface area contributed by atoms with E-state index in [-0.39, 0.29) is 5.69 Å². The summed E-state index contributed by atoms with van der Waals surface area (Å²) >= 11 is -2.11. The molecule has 0 saturated carbocycles. The Labute approximate surface area is 128 Å². The van der Waals surface area contributed by atoms with E-state index in [1.165, 1.54) is 12.1 Å². The molecule has 0 aliphatic heterocycles. The number of hydrogen-bond acceptors (Lipinski definition) is 3. The fraction of sp³-hybridized carbons (Fsp3) is 0. The Balaban J connectivity index is 2.41. The maximum atomic E-state index is 10.8. The molecule has 4 nitrogen and oxygen atoms in total. The summed E-state index contributed by atoms with van der Waals surface area (Å²) in [5.74, 6) is 1.13. The van der Waals surface area contributed by atoms with Gasteiger partial charge in [-0.2, -0.15) is 0 Å². The molecule has 0 atom stereocenters. The molecule has 2 aromatic rings. The summed E-state index contributed by atoms with van der Waals surface area (Å²) < 4.78 is 7.32. The maximum absolute atomic E-state index is 10.8. The zero-order valence-electron chi connectivity index (χ0n) is 9.98. The van der Waals surface area contributed by atoms with Gasteiger partial charge in [-0.1, -0.05) is 0 Å². The van der Waals surface area contributed by atoms with Gasteiger partial charge in [0.25, 0.3) is 0 Å².